The molecule has 0 radical (unpaired) electrons. The summed E-state index contributed by atoms with van der Waals surface area (Å²) < 4.78 is 26.4. The third-order valence-corrected chi connectivity index (χ3v) is 8.64. The first-order valence-corrected chi connectivity index (χ1v) is 13.8. The number of nitrogens with one attached hydrogen (secondary N) is 3. The van der Waals surface area contributed by atoms with Gasteiger partial charge in [0.1, 0.15) is 11.1 Å². The van der Waals surface area contributed by atoms with Crippen LogP contribution < -0.4 is 21.7 Å². The molecule has 0 aromatic heterocycles. The van der Waals surface area contributed by atoms with Gasteiger partial charge in [-0.3, -0.25) is 9.59 Å². The number of amides is 3. The van der Waals surface area contributed by atoms with Gasteiger partial charge in [0, 0.05) is 32.7 Å². The number of hydrogen-bond donors (Lipinski definition) is 4. The fourth-order valence-electron chi connectivity index (χ4n) is 4.90. The second-order valence-corrected chi connectivity index (χ2v) is 11.4. The van der Waals surface area contributed by atoms with Crippen LogP contribution in [0.5, 0.6) is 0 Å². The lowest BCUT2D eigenvalue weighted by molar-refractivity contribution is -0.129. The molecule has 2 atom stereocenters. The van der Waals surface area contributed by atoms with Crippen molar-refractivity contribution >= 4 is 27.7 Å². The number of urea groups is 1. The number of nitrogens with zero attached hydrogens (tertiary/aromatic N) is 2. The van der Waals surface area contributed by atoms with E-state index >= 15 is 0 Å². The molecule has 0 bridgehead atoms. The summed E-state index contributed by atoms with van der Waals surface area (Å²) in [6, 6.07) is -1.85. The zero-order valence-electron chi connectivity index (χ0n) is 20.2. The average Bonchev–Trinajstić information content (AvgIpc) is 3.28. The molecule has 35 heavy (non-hydrogen) atoms. The van der Waals surface area contributed by atoms with Crippen molar-refractivity contribution in [3.8, 4) is 0 Å². The molecule has 3 amide bonds. The van der Waals surface area contributed by atoms with Gasteiger partial charge in [0.05, 0.1) is 12.6 Å². The minimum Gasteiger partial charge on any atom is -0.388 e. The zero-order valence-corrected chi connectivity index (χ0v) is 21.0. The molecule has 3 rings (SSSR count). The highest BCUT2D eigenvalue weighted by Crippen LogP contribution is 2.29. The van der Waals surface area contributed by atoms with Crippen LogP contribution in [-0.2, 0) is 19.6 Å². The Morgan fingerprint density at radius 1 is 1.14 bits per heavy atom. The molecule has 5 N–H and O–H groups in total. The van der Waals surface area contributed by atoms with Crippen LogP contribution in [0.1, 0.15) is 44.9 Å². The van der Waals surface area contributed by atoms with E-state index in [1.54, 1.807) is 4.90 Å². The predicted octanol–water partition coefficient (Wildman–Crippen LogP) is 0.0157. The van der Waals surface area contributed by atoms with Gasteiger partial charge in [0.2, 0.25) is 5.91 Å². The van der Waals surface area contributed by atoms with E-state index < -0.39 is 33.8 Å². The molecule has 1 saturated carbocycles. The van der Waals surface area contributed by atoms with E-state index in [0.717, 1.165) is 30.0 Å². The van der Waals surface area contributed by atoms with Crippen LogP contribution in [0.15, 0.2) is 23.8 Å². The molecule has 12 heteroatoms. The number of Topliss-reactive ketones (excluding diaryl/α,β-unsaturated/α-hetero) is 1. The van der Waals surface area contributed by atoms with E-state index in [1.807, 2.05) is 0 Å². The second kappa shape index (κ2) is 12.5. The Kier molecular flexibility index (Phi) is 9.70. The van der Waals surface area contributed by atoms with Crippen LogP contribution in [0.3, 0.4) is 0 Å². The maximum Gasteiger partial charge on any atom is 0.318 e. The van der Waals surface area contributed by atoms with Crippen molar-refractivity contribution in [1.29, 1.82) is 0 Å². The van der Waals surface area contributed by atoms with Crippen LogP contribution >= 0.6 is 0 Å². The first-order chi connectivity index (χ1) is 16.7. The minimum absolute atomic E-state index is 0.122. The Balaban J connectivity index is 1.66. The molecule has 2 aliphatic heterocycles. The molecule has 2 heterocycles. The van der Waals surface area contributed by atoms with Gasteiger partial charge in [-0.25, -0.2) is 13.2 Å². The third-order valence-electron chi connectivity index (χ3n) is 6.92. The van der Waals surface area contributed by atoms with Gasteiger partial charge in [-0.05, 0) is 31.3 Å². The van der Waals surface area contributed by atoms with Crippen molar-refractivity contribution in [3.63, 3.8) is 0 Å². The lowest BCUT2D eigenvalue weighted by Gasteiger charge is -2.30. The van der Waals surface area contributed by atoms with Crippen molar-refractivity contribution in [2.24, 2.45) is 11.7 Å². The van der Waals surface area contributed by atoms with Crippen molar-refractivity contribution in [2.75, 3.05) is 39.3 Å². The summed E-state index contributed by atoms with van der Waals surface area (Å²) in [6.45, 7) is 5.74. The number of nitrogens with two attached hydrogens (primary N) is 1. The van der Waals surface area contributed by atoms with Crippen molar-refractivity contribution in [2.45, 2.75) is 57.0 Å². The highest BCUT2D eigenvalue weighted by molar-refractivity contribution is 7.92. The van der Waals surface area contributed by atoms with Crippen LogP contribution in [0.2, 0.25) is 0 Å². The van der Waals surface area contributed by atoms with Crippen molar-refractivity contribution < 1.29 is 22.8 Å². The highest BCUT2D eigenvalue weighted by atomic mass is 32.2. The summed E-state index contributed by atoms with van der Waals surface area (Å²) in [4.78, 5) is 40.7. The lowest BCUT2D eigenvalue weighted by Crippen LogP contribution is -2.57. The molecule has 1 unspecified atom stereocenters. The molecule has 1 aliphatic carbocycles. The summed E-state index contributed by atoms with van der Waals surface area (Å²) in [7, 11) is -3.99. The molecule has 196 valence electrons. The fraction of sp³-hybridized carbons (Fsp3) is 0.696. The van der Waals surface area contributed by atoms with Gasteiger partial charge in [0.15, 0.2) is 5.78 Å². The summed E-state index contributed by atoms with van der Waals surface area (Å²) in [5.74, 6) is -0.459. The van der Waals surface area contributed by atoms with E-state index in [9.17, 15) is 22.8 Å². The van der Waals surface area contributed by atoms with Crippen LogP contribution in [-0.4, -0.2) is 86.7 Å². The number of carbonyl (C=O) groups is 3. The number of rotatable bonds is 8. The number of hydrogen-bond acceptors (Lipinski definition) is 7. The van der Waals surface area contributed by atoms with Crippen LogP contribution in [0, 0.1) is 5.92 Å². The molecule has 2 saturated heterocycles. The Morgan fingerprint density at radius 3 is 2.49 bits per heavy atom. The summed E-state index contributed by atoms with van der Waals surface area (Å²) in [6.07, 6.45) is 7.92. The molecule has 3 aliphatic rings. The third kappa shape index (κ3) is 7.28. The molecule has 0 spiro atoms. The molecular weight excluding hydrogens is 472 g/mol. The topological polar surface area (TPSA) is 154 Å². The number of carbonyl (C=O) groups excluding carboxylic acids is 3. The summed E-state index contributed by atoms with van der Waals surface area (Å²) in [5, 5.41) is 8.51. The van der Waals surface area contributed by atoms with Gasteiger partial charge in [-0.15, -0.1) is 0 Å². The Labute approximate surface area is 207 Å². The van der Waals surface area contributed by atoms with E-state index in [-0.39, 0.29) is 24.1 Å². The van der Waals surface area contributed by atoms with Gasteiger partial charge < -0.3 is 26.6 Å². The maximum absolute atomic E-state index is 13.3. The first-order valence-electron chi connectivity index (χ1n) is 12.4. The van der Waals surface area contributed by atoms with Crippen LogP contribution in [0.25, 0.3) is 0 Å². The number of sulfonamides is 1. The smallest absolute Gasteiger partial charge is 0.318 e. The molecule has 3 fully saturated rings. The minimum atomic E-state index is -3.99. The van der Waals surface area contributed by atoms with E-state index in [1.165, 1.54) is 12.2 Å². The van der Waals surface area contributed by atoms with Gasteiger partial charge in [-0.2, -0.15) is 4.31 Å². The molecule has 11 nitrogen and oxygen atoms in total. The highest BCUT2D eigenvalue weighted by Gasteiger charge is 2.35. The fourth-order valence-corrected chi connectivity index (χ4v) is 6.13. The molecule has 0 aromatic rings. The summed E-state index contributed by atoms with van der Waals surface area (Å²) >= 11 is 0. The quantitative estimate of drug-likeness (QED) is 0.336. The van der Waals surface area contributed by atoms with Crippen molar-refractivity contribution in [1.82, 2.24) is 25.2 Å². The number of allylic oxidation sites excluding steroid dienone is 2. The SMILES string of the molecule is C=C/C=C(\N)S(=O)(=O)N1CCCC(NC(=O)[C@H](CC2CCCC2)NC(=O)N2CCNCC2)C(=O)C1. The largest absolute Gasteiger partial charge is 0.388 e. The Bertz CT molecular complexity index is 925. The Hall–Kier alpha value is -2.44. The second-order valence-electron chi connectivity index (χ2n) is 9.44. The average molecular weight is 511 g/mol. The van der Waals surface area contributed by atoms with Gasteiger partial charge in [-0.1, -0.05) is 38.3 Å². The first kappa shape index (κ1) is 27.2. The summed E-state index contributed by atoms with van der Waals surface area (Å²) in [5.41, 5.74) is 5.66. The Morgan fingerprint density at radius 2 is 1.83 bits per heavy atom. The van der Waals surface area contributed by atoms with Gasteiger partial charge >= 0.3 is 6.03 Å². The maximum atomic E-state index is 13.3. The lowest BCUT2D eigenvalue weighted by atomic mass is 9.97. The van der Waals surface area contributed by atoms with E-state index in [4.69, 9.17) is 5.73 Å². The van der Waals surface area contributed by atoms with Crippen molar-refractivity contribution in [3.05, 3.63) is 23.8 Å². The zero-order chi connectivity index (χ0) is 25.4. The standard InChI is InChI=1S/C23H38N6O5S/c1-2-6-21(24)35(33,34)29-12-5-9-18(20(30)16-29)26-22(31)19(15-17-7-3-4-8-17)27-23(32)28-13-10-25-11-14-28/h2,6,17-19,25H,1,3-5,7-16,24H2,(H,26,31)(H,27,32)/b21-6+/t18?,19-/m0/s1. The number of ketones is 1. The predicted molar refractivity (Wildman–Crippen MR) is 132 cm³/mol. The van der Waals surface area contributed by atoms with E-state index in [2.05, 4.69) is 22.5 Å². The number of piperazine rings is 1. The van der Waals surface area contributed by atoms with Crippen LogP contribution in [0.4, 0.5) is 4.79 Å². The normalized spacial score (nSPS) is 24.0. The van der Waals surface area contributed by atoms with E-state index in [0.29, 0.717) is 51.4 Å². The molecular formula is C23H38N6O5S. The van der Waals surface area contributed by atoms with Gasteiger partial charge in [0.25, 0.3) is 10.0 Å². The monoisotopic (exact) mass is 510 g/mol. The molecule has 0 aromatic carbocycles.